The molecule has 1 aliphatic rings. The van der Waals surface area contributed by atoms with Crippen molar-refractivity contribution in [2.24, 2.45) is 0 Å². The molecule has 9 heavy (non-hydrogen) atoms. The molecule has 0 N–H and O–H groups in total. The number of amides is 1. The van der Waals surface area contributed by atoms with Crippen LogP contribution in [0.25, 0.3) is 0 Å². The van der Waals surface area contributed by atoms with Crippen LogP contribution in [0, 0.1) is 0 Å². The maximum Gasteiger partial charge on any atom is 0.226 e. The van der Waals surface area contributed by atoms with Gasteiger partial charge in [-0.25, -0.2) is 0 Å². The number of allylic oxidation sites excluding steroid dienone is 1. The van der Waals surface area contributed by atoms with Crippen molar-refractivity contribution in [3.63, 3.8) is 0 Å². The number of rotatable bonds is 0. The van der Waals surface area contributed by atoms with Gasteiger partial charge in [0.2, 0.25) is 5.91 Å². The predicted octanol–water partition coefficient (Wildman–Crippen LogP) is 1.47. The normalized spacial score (nSPS) is 20.0. The highest BCUT2D eigenvalue weighted by atomic mass is 79.9. The molecule has 1 aliphatic heterocycles. The lowest BCUT2D eigenvalue weighted by Crippen LogP contribution is -2.23. The molecule has 0 unspecified atom stereocenters. The molecule has 1 amide bonds. The third-order valence-corrected chi connectivity index (χ3v) is 1.91. The fraction of sp³-hybridized carbons (Fsp3) is 0.500. The standard InChI is InChI=1S/C6H8BrNO/c1-8-4-5(7)2-3-6(8)9/h4H,2-3H2,1H3. The van der Waals surface area contributed by atoms with Crippen LogP contribution in [0.15, 0.2) is 10.7 Å². The first-order valence-corrected chi connectivity index (χ1v) is 3.61. The van der Waals surface area contributed by atoms with Gasteiger partial charge in [0.05, 0.1) is 0 Å². The third-order valence-electron chi connectivity index (χ3n) is 1.30. The SMILES string of the molecule is CN1C=C(Br)CCC1=O. The lowest BCUT2D eigenvalue weighted by atomic mass is 10.2. The van der Waals surface area contributed by atoms with Gasteiger partial charge in [0.1, 0.15) is 0 Å². The van der Waals surface area contributed by atoms with Crippen molar-refractivity contribution < 1.29 is 4.79 Å². The first-order valence-electron chi connectivity index (χ1n) is 2.82. The number of hydrogen-bond donors (Lipinski definition) is 0. The van der Waals surface area contributed by atoms with E-state index in [2.05, 4.69) is 15.9 Å². The first-order chi connectivity index (χ1) is 4.20. The van der Waals surface area contributed by atoms with Gasteiger partial charge in [-0.15, -0.1) is 0 Å². The zero-order chi connectivity index (χ0) is 6.85. The van der Waals surface area contributed by atoms with E-state index < -0.39 is 0 Å². The average Bonchev–Trinajstić information content (AvgIpc) is 1.80. The smallest absolute Gasteiger partial charge is 0.226 e. The highest BCUT2D eigenvalue weighted by Gasteiger charge is 2.12. The molecule has 0 aromatic carbocycles. The molecule has 0 spiro atoms. The Hall–Kier alpha value is -0.310. The fourth-order valence-corrected chi connectivity index (χ4v) is 1.25. The molecule has 3 heteroatoms. The summed E-state index contributed by atoms with van der Waals surface area (Å²) in [6.45, 7) is 0. The van der Waals surface area contributed by atoms with Crippen molar-refractivity contribution in [1.29, 1.82) is 0 Å². The van der Waals surface area contributed by atoms with Gasteiger partial charge in [-0.05, 0) is 6.42 Å². The van der Waals surface area contributed by atoms with E-state index in [1.807, 2.05) is 6.20 Å². The van der Waals surface area contributed by atoms with E-state index in [1.54, 1.807) is 11.9 Å². The van der Waals surface area contributed by atoms with Crippen LogP contribution in [0.1, 0.15) is 12.8 Å². The predicted molar refractivity (Wildman–Crippen MR) is 39.0 cm³/mol. The maximum absolute atomic E-state index is 10.8. The number of halogens is 1. The lowest BCUT2D eigenvalue weighted by molar-refractivity contribution is -0.128. The molecule has 1 heterocycles. The van der Waals surface area contributed by atoms with Crippen LogP contribution in [0.4, 0.5) is 0 Å². The molecule has 0 aromatic heterocycles. The largest absolute Gasteiger partial charge is 0.321 e. The van der Waals surface area contributed by atoms with Crippen LogP contribution in [0.5, 0.6) is 0 Å². The average molecular weight is 190 g/mol. The van der Waals surface area contributed by atoms with Gasteiger partial charge in [-0.3, -0.25) is 4.79 Å². The Bertz CT molecular complexity index is 164. The summed E-state index contributed by atoms with van der Waals surface area (Å²) in [6.07, 6.45) is 3.29. The molecule has 0 aliphatic carbocycles. The van der Waals surface area contributed by atoms with Gasteiger partial charge in [0.15, 0.2) is 0 Å². The van der Waals surface area contributed by atoms with E-state index in [9.17, 15) is 4.79 Å². The molecule has 0 bridgehead atoms. The summed E-state index contributed by atoms with van der Waals surface area (Å²) in [5, 5.41) is 0. The summed E-state index contributed by atoms with van der Waals surface area (Å²) in [5.41, 5.74) is 0. The summed E-state index contributed by atoms with van der Waals surface area (Å²) in [4.78, 5) is 12.4. The Morgan fingerprint density at radius 1 is 1.67 bits per heavy atom. The minimum Gasteiger partial charge on any atom is -0.321 e. The quantitative estimate of drug-likeness (QED) is 0.566. The van der Waals surface area contributed by atoms with Crippen molar-refractivity contribution in [3.05, 3.63) is 10.7 Å². The lowest BCUT2D eigenvalue weighted by Gasteiger charge is -2.17. The molecule has 0 fully saturated rings. The minimum absolute atomic E-state index is 0.193. The molecule has 1 rings (SSSR count). The number of carbonyl (C=O) groups excluding carboxylic acids is 1. The molecule has 0 saturated heterocycles. The molecular formula is C6H8BrNO. The van der Waals surface area contributed by atoms with Crippen LogP contribution in [0.2, 0.25) is 0 Å². The van der Waals surface area contributed by atoms with E-state index in [4.69, 9.17) is 0 Å². The summed E-state index contributed by atoms with van der Waals surface area (Å²) in [7, 11) is 1.77. The van der Waals surface area contributed by atoms with Crippen LogP contribution in [0.3, 0.4) is 0 Å². The van der Waals surface area contributed by atoms with Crippen LogP contribution >= 0.6 is 15.9 Å². The summed E-state index contributed by atoms with van der Waals surface area (Å²) in [5.74, 6) is 0.193. The van der Waals surface area contributed by atoms with E-state index >= 15 is 0 Å². The van der Waals surface area contributed by atoms with E-state index in [-0.39, 0.29) is 5.91 Å². The van der Waals surface area contributed by atoms with Crippen LogP contribution in [-0.4, -0.2) is 17.9 Å². The molecule has 50 valence electrons. The van der Waals surface area contributed by atoms with Gasteiger partial charge in [0.25, 0.3) is 0 Å². The number of nitrogens with zero attached hydrogens (tertiary/aromatic N) is 1. The minimum atomic E-state index is 0.193. The van der Waals surface area contributed by atoms with E-state index in [0.29, 0.717) is 6.42 Å². The fourth-order valence-electron chi connectivity index (χ4n) is 0.749. The van der Waals surface area contributed by atoms with Gasteiger partial charge >= 0.3 is 0 Å². The third kappa shape index (κ3) is 1.55. The van der Waals surface area contributed by atoms with Crippen molar-refractivity contribution >= 4 is 21.8 Å². The van der Waals surface area contributed by atoms with Crippen molar-refractivity contribution in [3.8, 4) is 0 Å². The Labute approximate surface area is 62.7 Å². The Kier molecular flexibility index (Phi) is 1.90. The van der Waals surface area contributed by atoms with Crippen LogP contribution in [-0.2, 0) is 4.79 Å². The van der Waals surface area contributed by atoms with Gasteiger partial charge in [-0.1, -0.05) is 15.9 Å². The molecule has 0 atom stereocenters. The highest BCUT2D eigenvalue weighted by Crippen LogP contribution is 2.18. The zero-order valence-corrected chi connectivity index (χ0v) is 6.81. The van der Waals surface area contributed by atoms with Crippen molar-refractivity contribution in [1.82, 2.24) is 4.90 Å². The zero-order valence-electron chi connectivity index (χ0n) is 5.22. The number of carbonyl (C=O) groups is 1. The maximum atomic E-state index is 10.8. The topological polar surface area (TPSA) is 20.3 Å². The van der Waals surface area contributed by atoms with E-state index in [1.165, 1.54) is 0 Å². The number of hydrogen-bond acceptors (Lipinski definition) is 1. The van der Waals surface area contributed by atoms with Gasteiger partial charge < -0.3 is 4.90 Å². The van der Waals surface area contributed by atoms with Gasteiger partial charge in [-0.2, -0.15) is 0 Å². The Morgan fingerprint density at radius 3 is 2.78 bits per heavy atom. The second-order valence-corrected chi connectivity index (χ2v) is 3.10. The van der Waals surface area contributed by atoms with Gasteiger partial charge in [0, 0.05) is 24.2 Å². The van der Waals surface area contributed by atoms with Crippen molar-refractivity contribution in [2.75, 3.05) is 7.05 Å². The molecule has 0 aromatic rings. The monoisotopic (exact) mass is 189 g/mol. The molecular weight excluding hydrogens is 182 g/mol. The van der Waals surface area contributed by atoms with E-state index in [0.717, 1.165) is 10.9 Å². The summed E-state index contributed by atoms with van der Waals surface area (Å²) >= 11 is 3.32. The van der Waals surface area contributed by atoms with Crippen molar-refractivity contribution in [2.45, 2.75) is 12.8 Å². The first kappa shape index (κ1) is 6.81. The second kappa shape index (κ2) is 2.52. The summed E-state index contributed by atoms with van der Waals surface area (Å²) < 4.78 is 1.10. The van der Waals surface area contributed by atoms with Crippen LogP contribution < -0.4 is 0 Å². The highest BCUT2D eigenvalue weighted by molar-refractivity contribution is 9.11. The summed E-state index contributed by atoms with van der Waals surface area (Å²) in [6, 6.07) is 0. The molecule has 2 nitrogen and oxygen atoms in total. The Balaban J connectivity index is 2.69. The Morgan fingerprint density at radius 2 is 2.33 bits per heavy atom. The molecule has 0 saturated carbocycles. The second-order valence-electron chi connectivity index (χ2n) is 2.08. The molecule has 0 radical (unpaired) electrons.